The Morgan fingerprint density at radius 3 is 2.68 bits per heavy atom. The lowest BCUT2D eigenvalue weighted by Crippen LogP contribution is -2.51. The first-order valence-electron chi connectivity index (χ1n) is 9.90. The van der Waals surface area contributed by atoms with E-state index in [1.54, 1.807) is 31.4 Å². The number of anilines is 4. The van der Waals surface area contributed by atoms with Crippen LogP contribution in [0, 0.1) is 0 Å². The predicted octanol–water partition coefficient (Wildman–Crippen LogP) is 1.10. The van der Waals surface area contributed by atoms with Gasteiger partial charge in [-0.1, -0.05) is 11.6 Å². The number of hydrogen-bond acceptors (Lipinski definition) is 8. The third kappa shape index (κ3) is 4.21. The van der Waals surface area contributed by atoms with Crippen molar-refractivity contribution in [1.82, 2.24) is 20.2 Å². The number of ether oxygens (including phenoxy) is 1. The van der Waals surface area contributed by atoms with Crippen molar-refractivity contribution >= 4 is 46.6 Å². The van der Waals surface area contributed by atoms with Crippen LogP contribution >= 0.6 is 11.6 Å². The van der Waals surface area contributed by atoms with Crippen LogP contribution in [0.15, 0.2) is 24.4 Å². The summed E-state index contributed by atoms with van der Waals surface area (Å²) < 4.78 is 5.68. The molecule has 164 valence electrons. The molecule has 1 saturated heterocycles. The molecule has 11 heteroatoms. The van der Waals surface area contributed by atoms with Gasteiger partial charge < -0.3 is 30.1 Å². The summed E-state index contributed by atoms with van der Waals surface area (Å²) in [6.45, 7) is 3.56. The van der Waals surface area contributed by atoms with Crippen molar-refractivity contribution in [3.05, 3.63) is 29.4 Å². The van der Waals surface area contributed by atoms with E-state index in [0.717, 1.165) is 26.2 Å². The van der Waals surface area contributed by atoms with Gasteiger partial charge in [-0.25, -0.2) is 4.98 Å². The van der Waals surface area contributed by atoms with Gasteiger partial charge in [0.05, 0.1) is 11.9 Å². The summed E-state index contributed by atoms with van der Waals surface area (Å²) in [7, 11) is 5.16. The van der Waals surface area contributed by atoms with Gasteiger partial charge in [0.25, 0.3) is 17.9 Å². The van der Waals surface area contributed by atoms with Gasteiger partial charge in [-0.3, -0.25) is 9.59 Å². The van der Waals surface area contributed by atoms with Gasteiger partial charge in [-0.05, 0) is 19.2 Å². The molecule has 2 aromatic rings. The summed E-state index contributed by atoms with van der Waals surface area (Å²) in [6, 6.07) is 5.24. The Bertz CT molecular complexity index is 1010. The van der Waals surface area contributed by atoms with Crippen LogP contribution in [-0.4, -0.2) is 80.1 Å². The van der Waals surface area contributed by atoms with Crippen LogP contribution < -0.4 is 25.2 Å². The normalized spacial score (nSPS) is 19.0. The van der Waals surface area contributed by atoms with Gasteiger partial charge in [0, 0.05) is 52.0 Å². The maximum atomic E-state index is 12.4. The minimum absolute atomic E-state index is 0.382. The molecular formula is C20H24ClN7O3. The highest BCUT2D eigenvalue weighted by molar-refractivity contribution is 6.32. The van der Waals surface area contributed by atoms with Crippen molar-refractivity contribution in [3.63, 3.8) is 0 Å². The number of nitrogens with zero attached hydrogens (tertiary/aromatic N) is 5. The number of hydrogen-bond donors (Lipinski definition) is 2. The van der Waals surface area contributed by atoms with Gasteiger partial charge >= 0.3 is 0 Å². The monoisotopic (exact) mass is 445 g/mol. The summed E-state index contributed by atoms with van der Waals surface area (Å²) in [5.74, 6) is 0.553. The number of nitrogens with one attached hydrogen (secondary N) is 2. The number of benzene rings is 1. The van der Waals surface area contributed by atoms with Crippen LogP contribution in [0.25, 0.3) is 0 Å². The van der Waals surface area contributed by atoms with Crippen LogP contribution in [0.2, 0.25) is 5.02 Å². The molecule has 2 aliphatic rings. The summed E-state index contributed by atoms with van der Waals surface area (Å²) >= 11 is 6.33. The molecule has 3 heterocycles. The third-order valence-electron chi connectivity index (χ3n) is 5.39. The number of carbonyl (C=O) groups is 2. The zero-order chi connectivity index (χ0) is 22.1. The van der Waals surface area contributed by atoms with E-state index in [9.17, 15) is 9.59 Å². The van der Waals surface area contributed by atoms with Gasteiger partial charge in [0.15, 0.2) is 5.82 Å². The zero-order valence-corrected chi connectivity index (χ0v) is 18.3. The zero-order valence-electron chi connectivity index (χ0n) is 17.6. The lowest BCUT2D eigenvalue weighted by Gasteiger charge is -2.32. The Morgan fingerprint density at radius 1 is 1.23 bits per heavy atom. The molecule has 4 rings (SSSR count). The second-order valence-corrected chi connectivity index (χ2v) is 7.88. The number of amides is 2. The van der Waals surface area contributed by atoms with Crippen molar-refractivity contribution in [3.8, 4) is 5.75 Å². The van der Waals surface area contributed by atoms with E-state index < -0.39 is 17.9 Å². The number of piperazine rings is 1. The van der Waals surface area contributed by atoms with Crippen LogP contribution in [0.5, 0.6) is 5.75 Å². The van der Waals surface area contributed by atoms with Crippen molar-refractivity contribution in [2.75, 3.05) is 62.4 Å². The van der Waals surface area contributed by atoms with Crippen molar-refractivity contribution < 1.29 is 14.3 Å². The molecule has 0 radical (unpaired) electrons. The standard InChI is InChI=1S/C20H24ClN7O3/c1-22-18(29)16-19(30)27(3)14-5-4-12(10-15(14)31-16)24-17-13(21)11-23-20(25-17)28-8-6-26(2)7-9-28/h4-5,10-11,16H,6-9H2,1-3H3,(H,22,29)(H,23,24,25). The average molecular weight is 446 g/mol. The molecule has 0 aliphatic carbocycles. The fourth-order valence-electron chi connectivity index (χ4n) is 3.47. The summed E-state index contributed by atoms with van der Waals surface area (Å²) in [5.41, 5.74) is 1.23. The average Bonchev–Trinajstić information content (AvgIpc) is 2.77. The molecule has 1 aromatic heterocycles. The van der Waals surface area contributed by atoms with E-state index in [0.29, 0.717) is 33.9 Å². The van der Waals surface area contributed by atoms with Crippen molar-refractivity contribution in [1.29, 1.82) is 0 Å². The van der Waals surface area contributed by atoms with Gasteiger partial charge in [-0.15, -0.1) is 0 Å². The fraction of sp³-hybridized carbons (Fsp3) is 0.400. The van der Waals surface area contributed by atoms with E-state index in [-0.39, 0.29) is 0 Å². The molecule has 0 bridgehead atoms. The number of fused-ring (bicyclic) bond motifs is 1. The molecule has 1 unspecified atom stereocenters. The van der Waals surface area contributed by atoms with E-state index in [2.05, 4.69) is 37.4 Å². The second-order valence-electron chi connectivity index (χ2n) is 7.47. The Labute approximate surface area is 185 Å². The lowest BCUT2D eigenvalue weighted by atomic mass is 10.1. The highest BCUT2D eigenvalue weighted by Crippen LogP contribution is 2.37. The summed E-state index contributed by atoms with van der Waals surface area (Å²) in [4.78, 5) is 39.2. The maximum absolute atomic E-state index is 12.4. The molecule has 10 nitrogen and oxygen atoms in total. The maximum Gasteiger partial charge on any atom is 0.277 e. The topological polar surface area (TPSA) is 103 Å². The van der Waals surface area contributed by atoms with Crippen molar-refractivity contribution in [2.24, 2.45) is 0 Å². The highest BCUT2D eigenvalue weighted by atomic mass is 35.5. The quantitative estimate of drug-likeness (QED) is 0.674. The van der Waals surface area contributed by atoms with Gasteiger partial charge in [0.1, 0.15) is 10.8 Å². The molecule has 31 heavy (non-hydrogen) atoms. The number of rotatable bonds is 4. The van der Waals surface area contributed by atoms with E-state index in [1.807, 2.05) is 0 Å². The second kappa shape index (κ2) is 8.56. The largest absolute Gasteiger partial charge is 0.468 e. The lowest BCUT2D eigenvalue weighted by molar-refractivity contribution is -0.138. The molecule has 1 atom stereocenters. The highest BCUT2D eigenvalue weighted by Gasteiger charge is 2.37. The summed E-state index contributed by atoms with van der Waals surface area (Å²) in [6.07, 6.45) is 0.345. The minimum atomic E-state index is -1.23. The molecule has 1 aromatic carbocycles. The van der Waals surface area contributed by atoms with Crippen LogP contribution in [0.3, 0.4) is 0 Å². The predicted molar refractivity (Wildman–Crippen MR) is 118 cm³/mol. The van der Waals surface area contributed by atoms with E-state index >= 15 is 0 Å². The third-order valence-corrected chi connectivity index (χ3v) is 5.66. The molecule has 0 spiro atoms. The van der Waals surface area contributed by atoms with E-state index in [4.69, 9.17) is 16.3 Å². The molecular weight excluding hydrogens is 422 g/mol. The minimum Gasteiger partial charge on any atom is -0.468 e. The SMILES string of the molecule is CNC(=O)C1Oc2cc(Nc3nc(N4CCN(C)CC4)ncc3Cl)ccc2N(C)C1=O. The van der Waals surface area contributed by atoms with Crippen LogP contribution in [-0.2, 0) is 9.59 Å². The molecule has 2 aliphatic heterocycles. The Balaban J connectivity index is 1.57. The first-order valence-corrected chi connectivity index (χ1v) is 10.3. The van der Waals surface area contributed by atoms with Crippen LogP contribution in [0.4, 0.5) is 23.1 Å². The number of aromatic nitrogens is 2. The first-order chi connectivity index (χ1) is 14.9. The van der Waals surface area contributed by atoms with E-state index in [1.165, 1.54) is 11.9 Å². The molecule has 2 N–H and O–H groups in total. The van der Waals surface area contributed by atoms with Gasteiger partial charge in [-0.2, -0.15) is 4.98 Å². The van der Waals surface area contributed by atoms with Crippen LogP contribution in [0.1, 0.15) is 0 Å². The Kier molecular flexibility index (Phi) is 5.84. The Hall–Kier alpha value is -3.11. The Morgan fingerprint density at radius 2 is 1.97 bits per heavy atom. The van der Waals surface area contributed by atoms with Crippen molar-refractivity contribution in [2.45, 2.75) is 6.10 Å². The fourth-order valence-corrected chi connectivity index (χ4v) is 3.61. The first kappa shape index (κ1) is 21.1. The summed E-state index contributed by atoms with van der Waals surface area (Å²) in [5, 5.41) is 6.02. The number of carbonyl (C=O) groups excluding carboxylic acids is 2. The number of likely N-dealkylation sites (N-methyl/N-ethyl adjacent to an activating group) is 3. The molecule has 1 fully saturated rings. The smallest absolute Gasteiger partial charge is 0.277 e. The molecule has 0 saturated carbocycles. The van der Waals surface area contributed by atoms with Gasteiger partial charge in [0.2, 0.25) is 5.95 Å². The number of halogens is 1. The molecule has 2 amide bonds.